The van der Waals surface area contributed by atoms with Crippen molar-refractivity contribution in [1.82, 2.24) is 10.2 Å². The fraction of sp³-hybridized carbons (Fsp3) is 0.846. The Bertz CT molecular complexity index is 315. The second-order valence-corrected chi connectivity index (χ2v) is 5.41. The molecule has 1 rings (SSSR count). The predicted molar refractivity (Wildman–Crippen MR) is 69.0 cm³/mol. The van der Waals surface area contributed by atoms with Gasteiger partial charge >= 0.3 is 5.97 Å². The van der Waals surface area contributed by atoms with Crippen LogP contribution in [0.25, 0.3) is 0 Å². The highest BCUT2D eigenvalue weighted by Crippen LogP contribution is 2.20. The quantitative estimate of drug-likeness (QED) is 0.739. The first-order valence-electron chi connectivity index (χ1n) is 6.52. The SMILES string of the molecule is COC(=O)C(C(C)C)N1CCC(NC(C)C)C1=O. The number of rotatable bonds is 5. The highest BCUT2D eigenvalue weighted by molar-refractivity contribution is 5.89. The van der Waals surface area contributed by atoms with Crippen LogP contribution < -0.4 is 5.32 Å². The maximum absolute atomic E-state index is 12.3. The molecular formula is C13H24N2O3. The Morgan fingerprint density at radius 1 is 1.39 bits per heavy atom. The van der Waals surface area contributed by atoms with Gasteiger partial charge in [-0.3, -0.25) is 4.79 Å². The van der Waals surface area contributed by atoms with Gasteiger partial charge in [0.15, 0.2) is 0 Å². The molecule has 0 aromatic carbocycles. The van der Waals surface area contributed by atoms with Crippen molar-refractivity contribution in [1.29, 1.82) is 0 Å². The van der Waals surface area contributed by atoms with Gasteiger partial charge in [0.05, 0.1) is 13.2 Å². The van der Waals surface area contributed by atoms with E-state index in [1.54, 1.807) is 4.90 Å². The molecule has 1 aliphatic heterocycles. The van der Waals surface area contributed by atoms with Gasteiger partial charge in [-0.1, -0.05) is 27.7 Å². The van der Waals surface area contributed by atoms with E-state index >= 15 is 0 Å². The molecular weight excluding hydrogens is 232 g/mol. The van der Waals surface area contributed by atoms with E-state index in [-0.39, 0.29) is 29.9 Å². The lowest BCUT2D eigenvalue weighted by Crippen LogP contribution is -2.49. The molecule has 2 unspecified atom stereocenters. The van der Waals surface area contributed by atoms with Crippen LogP contribution in [0.3, 0.4) is 0 Å². The van der Waals surface area contributed by atoms with Crippen LogP contribution in [-0.2, 0) is 14.3 Å². The summed E-state index contributed by atoms with van der Waals surface area (Å²) in [5.41, 5.74) is 0. The normalized spacial score (nSPS) is 21.8. The summed E-state index contributed by atoms with van der Waals surface area (Å²) in [6.45, 7) is 8.49. The van der Waals surface area contributed by atoms with E-state index in [1.165, 1.54) is 7.11 Å². The summed E-state index contributed by atoms with van der Waals surface area (Å²) in [4.78, 5) is 25.7. The smallest absolute Gasteiger partial charge is 0.328 e. The Balaban J connectivity index is 2.77. The average Bonchev–Trinajstić information content (AvgIpc) is 2.60. The van der Waals surface area contributed by atoms with Gasteiger partial charge in [-0.15, -0.1) is 0 Å². The molecule has 5 nitrogen and oxygen atoms in total. The molecule has 104 valence electrons. The van der Waals surface area contributed by atoms with E-state index in [1.807, 2.05) is 27.7 Å². The van der Waals surface area contributed by atoms with Gasteiger partial charge in [-0.25, -0.2) is 4.79 Å². The minimum absolute atomic E-state index is 0.00722. The van der Waals surface area contributed by atoms with Crippen LogP contribution in [0.2, 0.25) is 0 Å². The van der Waals surface area contributed by atoms with Crippen molar-refractivity contribution in [3.05, 3.63) is 0 Å². The Hall–Kier alpha value is -1.10. The maximum atomic E-state index is 12.3. The molecule has 0 aromatic heterocycles. The Kier molecular flexibility index (Phi) is 5.14. The van der Waals surface area contributed by atoms with E-state index in [2.05, 4.69) is 5.32 Å². The molecule has 5 heteroatoms. The van der Waals surface area contributed by atoms with Gasteiger partial charge in [0.2, 0.25) is 5.91 Å². The molecule has 1 saturated heterocycles. The molecule has 0 saturated carbocycles. The van der Waals surface area contributed by atoms with Gasteiger partial charge in [0, 0.05) is 12.6 Å². The van der Waals surface area contributed by atoms with Crippen LogP contribution in [0.5, 0.6) is 0 Å². The topological polar surface area (TPSA) is 58.6 Å². The zero-order chi connectivity index (χ0) is 13.9. The van der Waals surface area contributed by atoms with Crippen LogP contribution in [-0.4, -0.2) is 48.6 Å². The summed E-state index contributed by atoms with van der Waals surface area (Å²) < 4.78 is 4.80. The lowest BCUT2D eigenvalue weighted by molar-refractivity contribution is -0.153. The van der Waals surface area contributed by atoms with E-state index in [4.69, 9.17) is 4.74 Å². The third-order valence-electron chi connectivity index (χ3n) is 3.18. The monoisotopic (exact) mass is 256 g/mol. The van der Waals surface area contributed by atoms with Crippen LogP contribution in [0.4, 0.5) is 0 Å². The van der Waals surface area contributed by atoms with Gasteiger partial charge in [0.1, 0.15) is 6.04 Å². The summed E-state index contributed by atoms with van der Waals surface area (Å²) in [7, 11) is 1.36. The first kappa shape index (κ1) is 15.0. The third-order valence-corrected chi connectivity index (χ3v) is 3.18. The summed E-state index contributed by atoms with van der Waals surface area (Å²) >= 11 is 0. The van der Waals surface area contributed by atoms with E-state index in [0.29, 0.717) is 6.54 Å². The molecule has 1 N–H and O–H groups in total. The molecule has 0 bridgehead atoms. The number of hydrogen-bond acceptors (Lipinski definition) is 4. The van der Waals surface area contributed by atoms with Crippen molar-refractivity contribution in [2.45, 2.75) is 52.2 Å². The van der Waals surface area contributed by atoms with E-state index in [0.717, 1.165) is 6.42 Å². The number of likely N-dealkylation sites (tertiary alicyclic amines) is 1. The number of methoxy groups -OCH3 is 1. The van der Waals surface area contributed by atoms with Crippen LogP contribution in [0.1, 0.15) is 34.1 Å². The number of nitrogens with zero attached hydrogens (tertiary/aromatic N) is 1. The summed E-state index contributed by atoms with van der Waals surface area (Å²) in [6.07, 6.45) is 0.747. The standard InChI is InChI=1S/C13H24N2O3/c1-8(2)11(13(17)18-5)15-7-6-10(12(15)16)14-9(3)4/h8-11,14H,6-7H2,1-5H3. The van der Waals surface area contributed by atoms with Crippen molar-refractivity contribution in [2.75, 3.05) is 13.7 Å². The molecule has 1 fully saturated rings. The number of carbonyl (C=O) groups excluding carboxylic acids is 2. The fourth-order valence-electron chi connectivity index (χ4n) is 2.42. The molecule has 18 heavy (non-hydrogen) atoms. The molecule has 2 atom stereocenters. The van der Waals surface area contributed by atoms with Crippen LogP contribution in [0, 0.1) is 5.92 Å². The van der Waals surface area contributed by atoms with Crippen molar-refractivity contribution in [2.24, 2.45) is 5.92 Å². The molecule has 1 aliphatic rings. The number of nitrogens with one attached hydrogen (secondary N) is 1. The highest BCUT2D eigenvalue weighted by Gasteiger charge is 2.40. The van der Waals surface area contributed by atoms with Crippen molar-refractivity contribution < 1.29 is 14.3 Å². The second-order valence-electron chi connectivity index (χ2n) is 5.41. The first-order valence-corrected chi connectivity index (χ1v) is 6.52. The molecule has 1 amide bonds. The Labute approximate surface area is 109 Å². The number of amides is 1. The molecule has 1 heterocycles. The van der Waals surface area contributed by atoms with E-state index < -0.39 is 6.04 Å². The molecule has 0 aliphatic carbocycles. The van der Waals surface area contributed by atoms with Gasteiger partial charge in [-0.2, -0.15) is 0 Å². The number of esters is 1. The largest absolute Gasteiger partial charge is 0.467 e. The first-order chi connectivity index (χ1) is 8.38. The Morgan fingerprint density at radius 2 is 2.00 bits per heavy atom. The minimum Gasteiger partial charge on any atom is -0.467 e. The van der Waals surface area contributed by atoms with Crippen molar-refractivity contribution >= 4 is 11.9 Å². The van der Waals surface area contributed by atoms with Crippen molar-refractivity contribution in [3.8, 4) is 0 Å². The second kappa shape index (κ2) is 6.18. The van der Waals surface area contributed by atoms with E-state index in [9.17, 15) is 9.59 Å². The lowest BCUT2D eigenvalue weighted by atomic mass is 10.0. The van der Waals surface area contributed by atoms with Gasteiger partial charge in [0.25, 0.3) is 0 Å². The van der Waals surface area contributed by atoms with Gasteiger partial charge < -0.3 is 15.0 Å². The Morgan fingerprint density at radius 3 is 2.44 bits per heavy atom. The molecule has 0 spiro atoms. The number of hydrogen-bond donors (Lipinski definition) is 1. The number of ether oxygens (including phenoxy) is 1. The summed E-state index contributed by atoms with van der Waals surface area (Å²) in [5, 5.41) is 3.23. The highest BCUT2D eigenvalue weighted by atomic mass is 16.5. The van der Waals surface area contributed by atoms with Crippen LogP contribution >= 0.6 is 0 Å². The van der Waals surface area contributed by atoms with Crippen molar-refractivity contribution in [3.63, 3.8) is 0 Å². The van der Waals surface area contributed by atoms with Crippen LogP contribution in [0.15, 0.2) is 0 Å². The maximum Gasteiger partial charge on any atom is 0.328 e. The zero-order valence-corrected chi connectivity index (χ0v) is 11.9. The lowest BCUT2D eigenvalue weighted by Gasteiger charge is -2.29. The third kappa shape index (κ3) is 3.22. The number of carbonyl (C=O) groups is 2. The zero-order valence-electron chi connectivity index (χ0n) is 11.9. The average molecular weight is 256 g/mol. The minimum atomic E-state index is -0.471. The van der Waals surface area contributed by atoms with Gasteiger partial charge in [-0.05, 0) is 12.3 Å². The summed E-state index contributed by atoms with van der Waals surface area (Å²) in [6, 6.07) is -0.383. The predicted octanol–water partition coefficient (Wildman–Crippen LogP) is 0.783. The summed E-state index contributed by atoms with van der Waals surface area (Å²) in [5.74, 6) is -0.268. The fourth-order valence-corrected chi connectivity index (χ4v) is 2.42. The molecule has 0 aromatic rings. The molecule has 0 radical (unpaired) electrons.